The Balaban J connectivity index is 2.15. The molecule has 7 heteroatoms. The van der Waals surface area contributed by atoms with Gasteiger partial charge in [0.1, 0.15) is 11.6 Å². The summed E-state index contributed by atoms with van der Waals surface area (Å²) in [6, 6.07) is 8.34. The van der Waals surface area contributed by atoms with Gasteiger partial charge in [-0.25, -0.2) is 14.6 Å². The minimum Gasteiger partial charge on any atom is -0.396 e. The summed E-state index contributed by atoms with van der Waals surface area (Å²) in [6.45, 7) is 0. The molecule has 0 radical (unpaired) electrons. The van der Waals surface area contributed by atoms with E-state index in [1.165, 1.54) is 42.1 Å². The Morgan fingerprint density at radius 2 is 1.90 bits per heavy atom. The molecule has 0 unspecified atom stereocenters. The van der Waals surface area contributed by atoms with Crippen LogP contribution in [-0.2, 0) is 5.75 Å². The fraction of sp³-hybridized carbons (Fsp3) is 0.0714. The number of carbonyl (C=O) groups excluding carboxylic acids is 1. The second kappa shape index (κ2) is 6.55. The number of thioether (sulfide) groups is 1. The lowest BCUT2D eigenvalue weighted by atomic mass is 10.1. The van der Waals surface area contributed by atoms with Crippen molar-refractivity contribution in [3.63, 3.8) is 0 Å². The fourth-order valence-electron chi connectivity index (χ4n) is 1.67. The van der Waals surface area contributed by atoms with Crippen LogP contribution in [0.4, 0.5) is 14.5 Å². The molecule has 0 aliphatic rings. The van der Waals surface area contributed by atoms with E-state index in [9.17, 15) is 13.6 Å². The van der Waals surface area contributed by atoms with Gasteiger partial charge < -0.3 is 5.73 Å². The first kappa shape index (κ1) is 15.3. The molecule has 0 saturated carbocycles. The predicted molar refractivity (Wildman–Crippen MR) is 78.4 cm³/mol. The number of nitrogens with two attached hydrogens (primary N) is 2. The summed E-state index contributed by atoms with van der Waals surface area (Å²) in [6.07, 6.45) is 0. The molecule has 21 heavy (non-hydrogen) atoms. The Labute approximate surface area is 124 Å². The minimum atomic E-state index is -0.517. The Hall–Kier alpha value is -2.12. The van der Waals surface area contributed by atoms with Gasteiger partial charge in [-0.1, -0.05) is 0 Å². The average molecular weight is 309 g/mol. The number of rotatable bonds is 4. The smallest absolute Gasteiger partial charge is 0.265 e. The van der Waals surface area contributed by atoms with Crippen LogP contribution in [-0.4, -0.2) is 5.91 Å². The Morgan fingerprint density at radius 3 is 2.57 bits per heavy atom. The van der Waals surface area contributed by atoms with Gasteiger partial charge in [-0.3, -0.25) is 10.2 Å². The van der Waals surface area contributed by atoms with Crippen molar-refractivity contribution in [1.82, 2.24) is 5.43 Å². The third kappa shape index (κ3) is 3.71. The molecule has 2 aromatic carbocycles. The highest BCUT2D eigenvalue weighted by Gasteiger charge is 2.09. The van der Waals surface area contributed by atoms with Crippen LogP contribution in [0.15, 0.2) is 41.3 Å². The quantitative estimate of drug-likeness (QED) is 0.266. The maximum Gasteiger partial charge on any atom is 0.265 e. The van der Waals surface area contributed by atoms with E-state index in [0.717, 1.165) is 0 Å². The van der Waals surface area contributed by atoms with Crippen molar-refractivity contribution >= 4 is 23.4 Å². The molecular weight excluding hydrogens is 296 g/mol. The second-order valence-electron chi connectivity index (χ2n) is 4.25. The molecule has 0 atom stereocenters. The van der Waals surface area contributed by atoms with Crippen molar-refractivity contribution in [2.75, 3.05) is 5.73 Å². The number of hydrazine groups is 1. The molecule has 4 nitrogen and oxygen atoms in total. The standard InChI is InChI=1S/C14H13F2N3OS/c15-11-3-1-8(14(20)19-18)5-9(11)7-21-10-2-4-13(17)12(16)6-10/h1-6H,7,17-18H2,(H,19,20). The van der Waals surface area contributed by atoms with Crippen LogP contribution in [0.1, 0.15) is 15.9 Å². The summed E-state index contributed by atoms with van der Waals surface area (Å²) in [5.41, 5.74) is 8.03. The van der Waals surface area contributed by atoms with Gasteiger partial charge in [-0.05, 0) is 42.0 Å². The van der Waals surface area contributed by atoms with Crippen molar-refractivity contribution in [2.45, 2.75) is 10.6 Å². The largest absolute Gasteiger partial charge is 0.396 e. The Kier molecular flexibility index (Phi) is 4.77. The molecule has 1 amide bonds. The van der Waals surface area contributed by atoms with Gasteiger partial charge in [0.25, 0.3) is 5.91 Å². The Bertz CT molecular complexity index is 679. The Morgan fingerprint density at radius 1 is 1.14 bits per heavy atom. The highest BCUT2D eigenvalue weighted by Crippen LogP contribution is 2.26. The molecule has 2 rings (SSSR count). The van der Waals surface area contributed by atoms with Crippen LogP contribution in [0.5, 0.6) is 0 Å². The summed E-state index contributed by atoms with van der Waals surface area (Å²) < 4.78 is 27.0. The second-order valence-corrected chi connectivity index (χ2v) is 5.30. The van der Waals surface area contributed by atoms with Gasteiger partial charge in [0.15, 0.2) is 0 Å². The van der Waals surface area contributed by atoms with Crippen LogP contribution >= 0.6 is 11.8 Å². The number of halogens is 2. The van der Waals surface area contributed by atoms with Gasteiger partial charge in [0.05, 0.1) is 5.69 Å². The molecule has 5 N–H and O–H groups in total. The number of benzene rings is 2. The SMILES string of the molecule is NNC(=O)c1ccc(F)c(CSc2ccc(N)c(F)c2)c1. The monoisotopic (exact) mass is 309 g/mol. The lowest BCUT2D eigenvalue weighted by Crippen LogP contribution is -2.30. The molecule has 110 valence electrons. The predicted octanol–water partition coefficient (Wildman–Crippen LogP) is 2.44. The molecule has 0 bridgehead atoms. The lowest BCUT2D eigenvalue weighted by molar-refractivity contribution is 0.0953. The summed E-state index contributed by atoms with van der Waals surface area (Å²) in [4.78, 5) is 12.0. The molecule has 0 aliphatic carbocycles. The molecule has 0 heterocycles. The van der Waals surface area contributed by atoms with Crippen molar-refractivity contribution < 1.29 is 13.6 Å². The highest BCUT2D eigenvalue weighted by molar-refractivity contribution is 7.98. The zero-order chi connectivity index (χ0) is 15.4. The minimum absolute atomic E-state index is 0.0622. The number of anilines is 1. The summed E-state index contributed by atoms with van der Waals surface area (Å²) in [5.74, 6) is 3.83. The van der Waals surface area contributed by atoms with Crippen LogP contribution < -0.4 is 17.0 Å². The van der Waals surface area contributed by atoms with E-state index in [1.807, 2.05) is 5.43 Å². The van der Waals surface area contributed by atoms with Crippen molar-refractivity contribution in [3.8, 4) is 0 Å². The number of nitrogens with one attached hydrogen (secondary N) is 1. The van der Waals surface area contributed by atoms with E-state index in [1.54, 1.807) is 6.07 Å². The topological polar surface area (TPSA) is 81.1 Å². The number of hydrogen-bond acceptors (Lipinski definition) is 4. The van der Waals surface area contributed by atoms with Crippen LogP contribution in [0.25, 0.3) is 0 Å². The van der Waals surface area contributed by atoms with Crippen LogP contribution in [0, 0.1) is 11.6 Å². The van der Waals surface area contributed by atoms with Crippen LogP contribution in [0.3, 0.4) is 0 Å². The fourth-order valence-corrected chi connectivity index (χ4v) is 2.56. The molecule has 2 aromatic rings. The van der Waals surface area contributed by atoms with E-state index < -0.39 is 17.5 Å². The maximum absolute atomic E-state index is 13.7. The summed E-state index contributed by atoms with van der Waals surface area (Å²) in [7, 11) is 0. The maximum atomic E-state index is 13.7. The van der Waals surface area contributed by atoms with E-state index in [2.05, 4.69) is 0 Å². The van der Waals surface area contributed by atoms with Gasteiger partial charge in [0, 0.05) is 16.2 Å². The van der Waals surface area contributed by atoms with Gasteiger partial charge in [-0.15, -0.1) is 11.8 Å². The normalized spacial score (nSPS) is 10.4. The molecule has 0 saturated heterocycles. The molecular formula is C14H13F2N3OS. The third-order valence-electron chi connectivity index (χ3n) is 2.81. The number of amides is 1. The zero-order valence-electron chi connectivity index (χ0n) is 10.9. The first-order chi connectivity index (χ1) is 10.0. The molecule has 0 aromatic heterocycles. The van der Waals surface area contributed by atoms with E-state index in [4.69, 9.17) is 11.6 Å². The first-order valence-electron chi connectivity index (χ1n) is 5.98. The third-order valence-corrected chi connectivity index (χ3v) is 3.85. The molecule has 0 aliphatic heterocycles. The van der Waals surface area contributed by atoms with Crippen molar-refractivity contribution in [3.05, 3.63) is 59.2 Å². The summed E-state index contributed by atoms with van der Waals surface area (Å²) >= 11 is 1.24. The van der Waals surface area contributed by atoms with Gasteiger partial charge in [0.2, 0.25) is 0 Å². The first-order valence-corrected chi connectivity index (χ1v) is 6.97. The molecule has 0 spiro atoms. The van der Waals surface area contributed by atoms with Gasteiger partial charge >= 0.3 is 0 Å². The van der Waals surface area contributed by atoms with E-state index >= 15 is 0 Å². The van der Waals surface area contributed by atoms with E-state index in [-0.39, 0.29) is 17.0 Å². The molecule has 0 fully saturated rings. The van der Waals surface area contributed by atoms with Gasteiger partial charge in [-0.2, -0.15) is 0 Å². The van der Waals surface area contributed by atoms with Crippen LogP contribution in [0.2, 0.25) is 0 Å². The van der Waals surface area contributed by atoms with Crippen molar-refractivity contribution in [1.29, 1.82) is 0 Å². The summed E-state index contributed by atoms with van der Waals surface area (Å²) in [5, 5.41) is 0. The number of hydrogen-bond donors (Lipinski definition) is 3. The average Bonchev–Trinajstić information content (AvgIpc) is 2.49. The number of nitrogen functional groups attached to an aromatic ring is 2. The highest BCUT2D eigenvalue weighted by atomic mass is 32.2. The number of carbonyl (C=O) groups is 1. The van der Waals surface area contributed by atoms with E-state index in [0.29, 0.717) is 10.5 Å². The van der Waals surface area contributed by atoms with Crippen molar-refractivity contribution in [2.24, 2.45) is 5.84 Å². The lowest BCUT2D eigenvalue weighted by Gasteiger charge is -2.07. The zero-order valence-corrected chi connectivity index (χ0v) is 11.7.